The van der Waals surface area contributed by atoms with Gasteiger partial charge in [-0.2, -0.15) is 0 Å². The normalized spacial score (nSPS) is 17.6. The zero-order valence-electron chi connectivity index (χ0n) is 13.6. The number of hydrogen-bond donors (Lipinski definition) is 0. The van der Waals surface area contributed by atoms with Gasteiger partial charge in [-0.25, -0.2) is 0 Å². The molecule has 3 nitrogen and oxygen atoms in total. The number of rotatable bonds is 4. The van der Waals surface area contributed by atoms with E-state index in [-0.39, 0.29) is 12.0 Å². The van der Waals surface area contributed by atoms with Crippen LogP contribution in [0.15, 0.2) is 42.5 Å². The fourth-order valence-corrected chi connectivity index (χ4v) is 3.42. The van der Waals surface area contributed by atoms with Gasteiger partial charge in [0.15, 0.2) is 0 Å². The molecule has 0 bridgehead atoms. The summed E-state index contributed by atoms with van der Waals surface area (Å²) in [5.41, 5.74) is 1.57. The SMILES string of the molecule is O=C(c1ccc(Cl)c(Cl)c1)N1CCCC(OCc2cccc(Cl)c2)C1. The first-order valence-corrected chi connectivity index (χ1v) is 9.26. The standard InChI is InChI=1S/C19H18Cl3NO2/c20-15-4-1-3-13(9-15)12-25-16-5-2-8-23(11-16)19(24)14-6-7-17(21)18(22)10-14/h1,3-4,6-7,9-10,16H,2,5,8,11-12H2. The number of likely N-dealkylation sites (tertiary alicyclic amines) is 1. The van der Waals surface area contributed by atoms with Crippen molar-refractivity contribution in [2.45, 2.75) is 25.6 Å². The topological polar surface area (TPSA) is 29.5 Å². The number of benzene rings is 2. The molecule has 0 spiro atoms. The summed E-state index contributed by atoms with van der Waals surface area (Å²) in [6.45, 7) is 1.77. The van der Waals surface area contributed by atoms with Gasteiger partial charge < -0.3 is 9.64 Å². The molecule has 25 heavy (non-hydrogen) atoms. The number of hydrogen-bond acceptors (Lipinski definition) is 2. The molecule has 1 saturated heterocycles. The fraction of sp³-hybridized carbons (Fsp3) is 0.316. The summed E-state index contributed by atoms with van der Waals surface area (Å²) >= 11 is 17.9. The van der Waals surface area contributed by atoms with E-state index >= 15 is 0 Å². The molecule has 3 rings (SSSR count). The lowest BCUT2D eigenvalue weighted by molar-refractivity contribution is -0.00672. The molecule has 2 aromatic rings. The predicted molar refractivity (Wildman–Crippen MR) is 102 cm³/mol. The van der Waals surface area contributed by atoms with Crippen LogP contribution in [-0.4, -0.2) is 30.0 Å². The highest BCUT2D eigenvalue weighted by Crippen LogP contribution is 2.24. The van der Waals surface area contributed by atoms with Crippen molar-refractivity contribution >= 4 is 40.7 Å². The van der Waals surface area contributed by atoms with Crippen LogP contribution in [0, 0.1) is 0 Å². The molecule has 1 aliphatic heterocycles. The molecular weight excluding hydrogens is 381 g/mol. The molecule has 2 aromatic carbocycles. The molecular formula is C19H18Cl3NO2. The number of carbonyl (C=O) groups is 1. The lowest BCUT2D eigenvalue weighted by Gasteiger charge is -2.33. The van der Waals surface area contributed by atoms with E-state index < -0.39 is 0 Å². The molecule has 1 heterocycles. The molecule has 6 heteroatoms. The Bertz CT molecular complexity index is 766. The summed E-state index contributed by atoms with van der Waals surface area (Å²) in [6, 6.07) is 12.6. The van der Waals surface area contributed by atoms with Crippen LogP contribution in [0.5, 0.6) is 0 Å². The summed E-state index contributed by atoms with van der Waals surface area (Å²) in [6.07, 6.45) is 1.86. The zero-order chi connectivity index (χ0) is 17.8. The first kappa shape index (κ1) is 18.5. The Morgan fingerprint density at radius 2 is 1.96 bits per heavy atom. The number of carbonyl (C=O) groups excluding carboxylic acids is 1. The summed E-state index contributed by atoms with van der Waals surface area (Å²) in [7, 11) is 0. The molecule has 132 valence electrons. The third kappa shape index (κ3) is 4.89. The van der Waals surface area contributed by atoms with Crippen molar-refractivity contribution in [1.29, 1.82) is 0 Å². The second-order valence-electron chi connectivity index (χ2n) is 6.09. The Morgan fingerprint density at radius 3 is 2.72 bits per heavy atom. The summed E-state index contributed by atoms with van der Waals surface area (Å²) in [5.74, 6) is -0.0466. The van der Waals surface area contributed by atoms with Gasteiger partial charge in [-0.05, 0) is 48.7 Å². The van der Waals surface area contributed by atoms with Gasteiger partial charge >= 0.3 is 0 Å². The van der Waals surface area contributed by atoms with Gasteiger partial charge in [0.1, 0.15) is 0 Å². The van der Waals surface area contributed by atoms with E-state index in [9.17, 15) is 4.79 Å². The van der Waals surface area contributed by atoms with E-state index in [1.807, 2.05) is 29.2 Å². The lowest BCUT2D eigenvalue weighted by atomic mass is 10.1. The monoisotopic (exact) mass is 397 g/mol. The molecule has 0 aromatic heterocycles. The van der Waals surface area contributed by atoms with E-state index in [1.165, 1.54) is 0 Å². The zero-order valence-corrected chi connectivity index (χ0v) is 15.8. The minimum Gasteiger partial charge on any atom is -0.372 e. The van der Waals surface area contributed by atoms with Crippen LogP contribution in [-0.2, 0) is 11.3 Å². The molecule has 0 N–H and O–H groups in total. The fourth-order valence-electron chi connectivity index (χ4n) is 2.91. The number of halogens is 3. The highest BCUT2D eigenvalue weighted by atomic mass is 35.5. The van der Waals surface area contributed by atoms with Crippen molar-refractivity contribution in [3.05, 3.63) is 68.7 Å². The van der Waals surface area contributed by atoms with Crippen LogP contribution < -0.4 is 0 Å². The molecule has 0 radical (unpaired) electrons. The Hall–Kier alpha value is -1.26. The molecule has 1 aliphatic rings. The van der Waals surface area contributed by atoms with Crippen LogP contribution in [0.4, 0.5) is 0 Å². The quantitative estimate of drug-likeness (QED) is 0.683. The average molecular weight is 399 g/mol. The van der Waals surface area contributed by atoms with Crippen molar-refractivity contribution in [3.8, 4) is 0 Å². The van der Waals surface area contributed by atoms with Crippen LogP contribution >= 0.6 is 34.8 Å². The molecule has 1 atom stereocenters. The predicted octanol–water partition coefficient (Wildman–Crippen LogP) is 5.47. The van der Waals surface area contributed by atoms with Crippen LogP contribution in [0.1, 0.15) is 28.8 Å². The van der Waals surface area contributed by atoms with Crippen molar-refractivity contribution in [1.82, 2.24) is 4.90 Å². The third-order valence-electron chi connectivity index (χ3n) is 4.21. The third-order valence-corrected chi connectivity index (χ3v) is 5.18. The highest BCUT2D eigenvalue weighted by Gasteiger charge is 2.25. The van der Waals surface area contributed by atoms with Gasteiger partial charge in [0.2, 0.25) is 0 Å². The minimum absolute atomic E-state index is 0.0134. The highest BCUT2D eigenvalue weighted by molar-refractivity contribution is 6.42. The lowest BCUT2D eigenvalue weighted by Crippen LogP contribution is -2.43. The number of ether oxygens (including phenoxy) is 1. The summed E-state index contributed by atoms with van der Waals surface area (Å²) in [4.78, 5) is 14.5. The summed E-state index contributed by atoms with van der Waals surface area (Å²) in [5, 5.41) is 1.53. The number of piperidine rings is 1. The van der Waals surface area contributed by atoms with Crippen molar-refractivity contribution in [2.75, 3.05) is 13.1 Å². The Labute approximate surface area is 162 Å². The largest absolute Gasteiger partial charge is 0.372 e. The second kappa shape index (κ2) is 8.41. The van der Waals surface area contributed by atoms with Crippen LogP contribution in [0.25, 0.3) is 0 Å². The Morgan fingerprint density at radius 1 is 1.12 bits per heavy atom. The first-order chi connectivity index (χ1) is 12.0. The first-order valence-electron chi connectivity index (χ1n) is 8.13. The van der Waals surface area contributed by atoms with E-state index in [0.29, 0.717) is 33.8 Å². The number of amides is 1. The molecule has 1 amide bonds. The van der Waals surface area contributed by atoms with Gasteiger partial charge in [-0.1, -0.05) is 46.9 Å². The van der Waals surface area contributed by atoms with Crippen molar-refractivity contribution in [3.63, 3.8) is 0 Å². The van der Waals surface area contributed by atoms with E-state index in [2.05, 4.69) is 0 Å². The van der Waals surface area contributed by atoms with Crippen molar-refractivity contribution in [2.24, 2.45) is 0 Å². The van der Waals surface area contributed by atoms with E-state index in [1.54, 1.807) is 18.2 Å². The smallest absolute Gasteiger partial charge is 0.253 e. The van der Waals surface area contributed by atoms with Crippen molar-refractivity contribution < 1.29 is 9.53 Å². The molecule has 1 unspecified atom stereocenters. The Balaban J connectivity index is 1.60. The molecule has 0 aliphatic carbocycles. The number of nitrogens with zero attached hydrogens (tertiary/aromatic N) is 1. The van der Waals surface area contributed by atoms with Gasteiger partial charge in [0.25, 0.3) is 5.91 Å². The van der Waals surface area contributed by atoms with Gasteiger partial charge in [0, 0.05) is 23.7 Å². The maximum atomic E-state index is 12.7. The van der Waals surface area contributed by atoms with Gasteiger partial charge in [-0.3, -0.25) is 4.79 Å². The second-order valence-corrected chi connectivity index (χ2v) is 7.34. The minimum atomic E-state index is -0.0466. The Kier molecular flexibility index (Phi) is 6.24. The van der Waals surface area contributed by atoms with Crippen LogP contribution in [0.3, 0.4) is 0 Å². The molecule has 1 fully saturated rings. The van der Waals surface area contributed by atoms with E-state index in [4.69, 9.17) is 39.5 Å². The maximum Gasteiger partial charge on any atom is 0.253 e. The molecule has 0 saturated carbocycles. The van der Waals surface area contributed by atoms with Gasteiger partial charge in [0.05, 0.1) is 22.8 Å². The maximum absolute atomic E-state index is 12.7. The summed E-state index contributed by atoms with van der Waals surface area (Å²) < 4.78 is 5.98. The average Bonchev–Trinajstić information content (AvgIpc) is 2.62. The van der Waals surface area contributed by atoms with E-state index in [0.717, 1.165) is 24.9 Å². The van der Waals surface area contributed by atoms with Crippen LogP contribution in [0.2, 0.25) is 15.1 Å². The van der Waals surface area contributed by atoms with Gasteiger partial charge in [-0.15, -0.1) is 0 Å².